The van der Waals surface area contributed by atoms with Gasteiger partial charge in [-0.05, 0) is 18.4 Å². The maximum Gasteiger partial charge on any atom is 0.230 e. The monoisotopic (exact) mass is 278 g/mol. The number of thiocarbonyl (C=S) groups is 1. The van der Waals surface area contributed by atoms with Gasteiger partial charge < -0.3 is 10.6 Å². The van der Waals surface area contributed by atoms with Crippen LogP contribution >= 0.6 is 12.2 Å². The van der Waals surface area contributed by atoms with Crippen molar-refractivity contribution >= 4 is 23.1 Å². The molecule has 104 valence electrons. The Kier molecular flexibility index (Phi) is 6.50. The van der Waals surface area contributed by atoms with E-state index in [1.54, 1.807) is 4.90 Å². The van der Waals surface area contributed by atoms with E-state index in [4.69, 9.17) is 18.0 Å². The van der Waals surface area contributed by atoms with Crippen LogP contribution in [0.5, 0.6) is 0 Å². The zero-order valence-corrected chi connectivity index (χ0v) is 12.5. The van der Waals surface area contributed by atoms with Crippen molar-refractivity contribution in [3.63, 3.8) is 0 Å². The van der Waals surface area contributed by atoms with Crippen molar-refractivity contribution in [1.29, 1.82) is 0 Å². The fourth-order valence-corrected chi connectivity index (χ4v) is 2.34. The molecule has 1 unspecified atom stereocenters. The van der Waals surface area contributed by atoms with Crippen LogP contribution in [0.2, 0.25) is 0 Å². The largest absolute Gasteiger partial charge is 0.392 e. The number of carbonyl (C=O) groups excluding carboxylic acids is 1. The lowest BCUT2D eigenvalue weighted by atomic mass is 9.95. The minimum Gasteiger partial charge on any atom is -0.392 e. The zero-order valence-electron chi connectivity index (χ0n) is 11.6. The summed E-state index contributed by atoms with van der Waals surface area (Å²) in [5, 5.41) is 0. The van der Waals surface area contributed by atoms with E-state index in [0.717, 1.165) is 18.4 Å². The van der Waals surface area contributed by atoms with Gasteiger partial charge in [0, 0.05) is 6.54 Å². The first-order valence-corrected chi connectivity index (χ1v) is 7.13. The summed E-state index contributed by atoms with van der Waals surface area (Å²) in [6.45, 7) is 5.13. The van der Waals surface area contributed by atoms with Crippen LogP contribution in [0.15, 0.2) is 30.3 Å². The molecule has 0 heterocycles. The van der Waals surface area contributed by atoms with Crippen molar-refractivity contribution in [3.8, 4) is 0 Å². The predicted molar refractivity (Wildman–Crippen MR) is 83.1 cm³/mol. The molecule has 0 radical (unpaired) electrons. The standard InChI is InChI=1S/C15H22N2OS/c1-3-10-17(11-14(16)19)15(18)13(4-2)12-8-6-5-7-9-12/h5-9,13H,3-4,10-11H2,1-2H3,(H2,16,19). The summed E-state index contributed by atoms with van der Waals surface area (Å²) >= 11 is 4.93. The summed E-state index contributed by atoms with van der Waals surface area (Å²) in [5.41, 5.74) is 6.63. The highest BCUT2D eigenvalue weighted by Gasteiger charge is 2.24. The van der Waals surface area contributed by atoms with Crippen LogP contribution < -0.4 is 5.73 Å². The summed E-state index contributed by atoms with van der Waals surface area (Å²) in [5.74, 6) is 0.00505. The fraction of sp³-hybridized carbons (Fsp3) is 0.467. The lowest BCUT2D eigenvalue weighted by molar-refractivity contribution is -0.132. The highest BCUT2D eigenvalue weighted by Crippen LogP contribution is 2.22. The number of nitrogens with zero attached hydrogens (tertiary/aromatic N) is 1. The summed E-state index contributed by atoms with van der Waals surface area (Å²) in [7, 11) is 0. The molecule has 0 aromatic heterocycles. The second-order valence-corrected chi connectivity index (χ2v) is 5.12. The molecular formula is C15H22N2OS. The molecule has 1 amide bonds. The molecule has 0 aliphatic carbocycles. The van der Waals surface area contributed by atoms with Gasteiger partial charge in [0.25, 0.3) is 0 Å². The van der Waals surface area contributed by atoms with E-state index in [2.05, 4.69) is 0 Å². The minimum atomic E-state index is -0.109. The molecule has 0 saturated heterocycles. The number of hydrogen-bond acceptors (Lipinski definition) is 2. The molecular weight excluding hydrogens is 256 g/mol. The first-order valence-electron chi connectivity index (χ1n) is 6.72. The molecule has 19 heavy (non-hydrogen) atoms. The normalized spacial score (nSPS) is 11.9. The van der Waals surface area contributed by atoms with Gasteiger partial charge in [0.15, 0.2) is 0 Å². The van der Waals surface area contributed by atoms with Crippen molar-refractivity contribution in [2.24, 2.45) is 5.73 Å². The molecule has 0 fully saturated rings. The van der Waals surface area contributed by atoms with E-state index in [9.17, 15) is 4.79 Å². The van der Waals surface area contributed by atoms with Crippen LogP contribution in [-0.2, 0) is 4.79 Å². The van der Waals surface area contributed by atoms with E-state index < -0.39 is 0 Å². The van der Waals surface area contributed by atoms with Crippen molar-refractivity contribution in [3.05, 3.63) is 35.9 Å². The predicted octanol–water partition coefficient (Wildman–Crippen LogP) is 2.70. The van der Waals surface area contributed by atoms with Crippen molar-refractivity contribution in [2.75, 3.05) is 13.1 Å². The smallest absolute Gasteiger partial charge is 0.230 e. The maximum atomic E-state index is 12.6. The van der Waals surface area contributed by atoms with Crippen LogP contribution in [-0.4, -0.2) is 28.9 Å². The van der Waals surface area contributed by atoms with Crippen LogP contribution in [0.1, 0.15) is 38.2 Å². The van der Waals surface area contributed by atoms with Gasteiger partial charge in [0.1, 0.15) is 0 Å². The summed E-state index contributed by atoms with van der Waals surface area (Å²) in [6, 6.07) is 9.87. The van der Waals surface area contributed by atoms with E-state index in [1.165, 1.54) is 0 Å². The number of nitrogens with two attached hydrogens (primary N) is 1. The lowest BCUT2D eigenvalue weighted by Crippen LogP contribution is -2.40. The number of carbonyl (C=O) groups is 1. The van der Waals surface area contributed by atoms with Gasteiger partial charge in [-0.1, -0.05) is 56.4 Å². The number of rotatable bonds is 7. The third-order valence-corrected chi connectivity index (χ3v) is 3.19. The Morgan fingerprint density at radius 1 is 1.32 bits per heavy atom. The molecule has 0 aliphatic heterocycles. The van der Waals surface area contributed by atoms with E-state index in [-0.39, 0.29) is 11.8 Å². The van der Waals surface area contributed by atoms with E-state index in [0.29, 0.717) is 18.1 Å². The third kappa shape index (κ3) is 4.63. The molecule has 2 N–H and O–H groups in total. The van der Waals surface area contributed by atoms with Crippen molar-refractivity contribution in [2.45, 2.75) is 32.6 Å². The van der Waals surface area contributed by atoms with Gasteiger partial charge in [-0.25, -0.2) is 0 Å². The molecule has 1 aromatic carbocycles. The molecule has 4 heteroatoms. The average molecular weight is 278 g/mol. The number of amides is 1. The fourth-order valence-electron chi connectivity index (χ4n) is 2.18. The molecule has 3 nitrogen and oxygen atoms in total. The molecule has 0 aliphatic rings. The SMILES string of the molecule is CCCN(CC(N)=S)C(=O)C(CC)c1ccccc1. The van der Waals surface area contributed by atoms with Crippen LogP contribution in [0.25, 0.3) is 0 Å². The van der Waals surface area contributed by atoms with Crippen LogP contribution in [0.3, 0.4) is 0 Å². The van der Waals surface area contributed by atoms with Crippen molar-refractivity contribution in [1.82, 2.24) is 4.90 Å². The van der Waals surface area contributed by atoms with Gasteiger partial charge in [-0.3, -0.25) is 4.79 Å². The lowest BCUT2D eigenvalue weighted by Gasteiger charge is -2.26. The second kappa shape index (κ2) is 7.89. The molecule has 0 saturated carbocycles. The molecule has 1 aromatic rings. The Balaban J connectivity index is 2.89. The van der Waals surface area contributed by atoms with Crippen LogP contribution in [0.4, 0.5) is 0 Å². The Morgan fingerprint density at radius 3 is 2.42 bits per heavy atom. The molecule has 0 bridgehead atoms. The quantitative estimate of drug-likeness (QED) is 0.780. The minimum absolute atomic E-state index is 0.109. The highest BCUT2D eigenvalue weighted by molar-refractivity contribution is 7.80. The topological polar surface area (TPSA) is 46.3 Å². The van der Waals surface area contributed by atoms with Gasteiger partial charge >= 0.3 is 0 Å². The number of benzene rings is 1. The molecule has 0 spiro atoms. The summed E-state index contributed by atoms with van der Waals surface area (Å²) < 4.78 is 0. The van der Waals surface area contributed by atoms with Gasteiger partial charge in [-0.15, -0.1) is 0 Å². The van der Waals surface area contributed by atoms with Crippen molar-refractivity contribution < 1.29 is 4.79 Å². The van der Waals surface area contributed by atoms with E-state index in [1.807, 2.05) is 44.2 Å². The summed E-state index contributed by atoms with van der Waals surface area (Å²) in [6.07, 6.45) is 1.68. The maximum absolute atomic E-state index is 12.6. The second-order valence-electron chi connectivity index (χ2n) is 4.60. The highest BCUT2D eigenvalue weighted by atomic mass is 32.1. The first-order chi connectivity index (χ1) is 9.10. The van der Waals surface area contributed by atoms with Gasteiger partial charge in [0.2, 0.25) is 5.91 Å². The van der Waals surface area contributed by atoms with Gasteiger partial charge in [-0.2, -0.15) is 0 Å². The molecule has 1 atom stereocenters. The van der Waals surface area contributed by atoms with Gasteiger partial charge in [0.05, 0.1) is 17.5 Å². The number of hydrogen-bond donors (Lipinski definition) is 1. The Labute approximate surface area is 120 Å². The Bertz CT molecular complexity index is 419. The molecule has 1 rings (SSSR count). The van der Waals surface area contributed by atoms with E-state index >= 15 is 0 Å². The average Bonchev–Trinajstić information content (AvgIpc) is 2.39. The summed E-state index contributed by atoms with van der Waals surface area (Å²) in [4.78, 5) is 14.7. The Hall–Kier alpha value is -1.42. The Morgan fingerprint density at radius 2 is 1.95 bits per heavy atom. The van der Waals surface area contributed by atoms with Crippen LogP contribution in [0, 0.1) is 0 Å². The first kappa shape index (κ1) is 15.6. The third-order valence-electron chi connectivity index (χ3n) is 3.06. The zero-order chi connectivity index (χ0) is 14.3.